The first-order valence-corrected chi connectivity index (χ1v) is 6.11. The zero-order chi connectivity index (χ0) is 13.3. The van der Waals surface area contributed by atoms with Crippen molar-refractivity contribution in [2.75, 3.05) is 6.54 Å². The van der Waals surface area contributed by atoms with Crippen LogP contribution >= 0.6 is 0 Å². The topological polar surface area (TPSA) is 54.3 Å². The van der Waals surface area contributed by atoms with Gasteiger partial charge in [-0.1, -0.05) is 18.2 Å². The minimum atomic E-state index is -0.672. The Hall–Kier alpha value is -1.81. The number of aryl methyl sites for hydroxylation is 1. The molecule has 0 saturated carbocycles. The fraction of sp³-hybridized carbons (Fsp3) is 0.357. The van der Waals surface area contributed by atoms with E-state index < -0.39 is 6.10 Å². The maximum absolute atomic E-state index is 12.1. The molecule has 0 radical (unpaired) electrons. The van der Waals surface area contributed by atoms with Crippen molar-refractivity contribution in [2.24, 2.45) is 7.05 Å². The number of carbonyl (C=O) groups excluding carboxylic acids is 1. The predicted octanol–water partition coefficient (Wildman–Crippen LogP) is 1.98. The maximum atomic E-state index is 12.1. The molecule has 1 aromatic heterocycles. The number of aromatic nitrogens is 1. The molecule has 1 amide bonds. The van der Waals surface area contributed by atoms with E-state index in [1.165, 1.54) is 0 Å². The highest BCUT2D eigenvalue weighted by atomic mass is 16.3. The molecule has 1 heterocycles. The second-order valence-electron chi connectivity index (χ2n) is 4.37. The van der Waals surface area contributed by atoms with Crippen molar-refractivity contribution in [2.45, 2.75) is 20.0 Å². The van der Waals surface area contributed by atoms with Crippen molar-refractivity contribution in [1.82, 2.24) is 9.88 Å². The highest BCUT2D eigenvalue weighted by Crippen LogP contribution is 2.30. The summed E-state index contributed by atoms with van der Waals surface area (Å²) in [5.41, 5.74) is 2.18. The lowest BCUT2D eigenvalue weighted by Gasteiger charge is -2.09. The molecule has 0 aliphatic rings. The molecule has 2 aromatic rings. The van der Waals surface area contributed by atoms with Gasteiger partial charge < -0.3 is 15.0 Å². The van der Waals surface area contributed by atoms with Crippen molar-refractivity contribution in [3.63, 3.8) is 0 Å². The molecule has 1 unspecified atom stereocenters. The van der Waals surface area contributed by atoms with E-state index in [0.29, 0.717) is 17.8 Å². The quantitative estimate of drug-likeness (QED) is 0.870. The number of benzene rings is 1. The molecule has 0 aliphatic heterocycles. The minimum Gasteiger partial charge on any atom is -0.389 e. The van der Waals surface area contributed by atoms with Gasteiger partial charge in [0, 0.05) is 30.1 Å². The average Bonchev–Trinajstić information content (AvgIpc) is 2.64. The standard InChI is InChI=1S/C14H18N2O2/c1-4-15-14(18)13-12(9(2)17)10-7-5-6-8-11(10)16(13)3/h5-9,17H,4H2,1-3H3,(H,15,18). The molecule has 18 heavy (non-hydrogen) atoms. The van der Waals surface area contributed by atoms with Gasteiger partial charge in [-0.25, -0.2) is 0 Å². The van der Waals surface area contributed by atoms with Crippen molar-refractivity contribution < 1.29 is 9.90 Å². The van der Waals surface area contributed by atoms with E-state index >= 15 is 0 Å². The lowest BCUT2D eigenvalue weighted by atomic mass is 10.1. The van der Waals surface area contributed by atoms with E-state index in [1.807, 2.05) is 42.8 Å². The third-order valence-corrected chi connectivity index (χ3v) is 3.12. The molecule has 96 valence electrons. The fourth-order valence-electron chi connectivity index (χ4n) is 2.36. The van der Waals surface area contributed by atoms with E-state index in [0.717, 1.165) is 10.9 Å². The zero-order valence-electron chi connectivity index (χ0n) is 10.9. The average molecular weight is 246 g/mol. The van der Waals surface area contributed by atoms with E-state index in [1.54, 1.807) is 6.92 Å². The molecule has 0 bridgehead atoms. The largest absolute Gasteiger partial charge is 0.389 e. The van der Waals surface area contributed by atoms with Crippen LogP contribution in [-0.4, -0.2) is 22.1 Å². The van der Waals surface area contributed by atoms with Crippen molar-refractivity contribution in [1.29, 1.82) is 0 Å². The fourth-order valence-corrected chi connectivity index (χ4v) is 2.36. The summed E-state index contributed by atoms with van der Waals surface area (Å²) in [7, 11) is 1.85. The van der Waals surface area contributed by atoms with Crippen LogP contribution in [0.15, 0.2) is 24.3 Å². The van der Waals surface area contributed by atoms with Crippen LogP contribution in [0, 0.1) is 0 Å². The van der Waals surface area contributed by atoms with Crippen LogP contribution in [0.2, 0.25) is 0 Å². The SMILES string of the molecule is CCNC(=O)c1c(C(C)O)c2ccccc2n1C. The first-order chi connectivity index (χ1) is 8.57. The van der Waals surface area contributed by atoms with Crippen molar-refractivity contribution in [3.8, 4) is 0 Å². The smallest absolute Gasteiger partial charge is 0.268 e. The van der Waals surface area contributed by atoms with Gasteiger partial charge in [-0.3, -0.25) is 4.79 Å². The maximum Gasteiger partial charge on any atom is 0.268 e. The Morgan fingerprint density at radius 3 is 2.72 bits per heavy atom. The van der Waals surface area contributed by atoms with E-state index in [-0.39, 0.29) is 5.91 Å². The number of aliphatic hydroxyl groups is 1. The Bertz CT molecular complexity index is 585. The number of amides is 1. The van der Waals surface area contributed by atoms with Crippen molar-refractivity contribution >= 4 is 16.8 Å². The number of hydrogen-bond donors (Lipinski definition) is 2. The van der Waals surface area contributed by atoms with E-state index in [2.05, 4.69) is 5.32 Å². The summed E-state index contributed by atoms with van der Waals surface area (Å²) in [6, 6.07) is 7.72. The number of aliphatic hydroxyl groups excluding tert-OH is 1. The first kappa shape index (κ1) is 12.6. The predicted molar refractivity (Wildman–Crippen MR) is 71.6 cm³/mol. The highest BCUT2D eigenvalue weighted by Gasteiger charge is 2.22. The molecular formula is C14H18N2O2. The Morgan fingerprint density at radius 2 is 2.11 bits per heavy atom. The van der Waals surface area contributed by atoms with Gasteiger partial charge in [0.2, 0.25) is 0 Å². The summed E-state index contributed by atoms with van der Waals surface area (Å²) in [6.45, 7) is 4.13. The molecule has 0 spiro atoms. The molecule has 2 rings (SSSR count). The third-order valence-electron chi connectivity index (χ3n) is 3.12. The summed E-state index contributed by atoms with van der Waals surface area (Å²) in [5.74, 6) is -0.146. The molecule has 4 nitrogen and oxygen atoms in total. The first-order valence-electron chi connectivity index (χ1n) is 6.11. The van der Waals surface area contributed by atoms with Crippen LogP contribution in [0.5, 0.6) is 0 Å². The van der Waals surface area contributed by atoms with Crippen LogP contribution in [-0.2, 0) is 7.05 Å². The number of nitrogens with zero attached hydrogens (tertiary/aromatic N) is 1. The Morgan fingerprint density at radius 1 is 1.44 bits per heavy atom. The summed E-state index contributed by atoms with van der Waals surface area (Å²) in [6.07, 6.45) is -0.672. The van der Waals surface area contributed by atoms with Crippen molar-refractivity contribution in [3.05, 3.63) is 35.5 Å². The molecule has 0 saturated heterocycles. The normalized spacial score (nSPS) is 12.7. The third kappa shape index (κ3) is 1.88. The molecule has 0 fully saturated rings. The van der Waals surface area contributed by atoms with Gasteiger partial charge in [0.15, 0.2) is 0 Å². The van der Waals surface area contributed by atoms with Gasteiger partial charge in [-0.15, -0.1) is 0 Å². The number of fused-ring (bicyclic) bond motifs is 1. The zero-order valence-corrected chi connectivity index (χ0v) is 10.9. The summed E-state index contributed by atoms with van der Waals surface area (Å²) in [4.78, 5) is 12.1. The molecular weight excluding hydrogens is 228 g/mol. The Labute approximate surface area is 106 Å². The molecule has 0 aliphatic carbocycles. The second-order valence-corrected chi connectivity index (χ2v) is 4.37. The van der Waals surface area contributed by atoms with Crippen LogP contribution in [0.3, 0.4) is 0 Å². The molecule has 1 aromatic carbocycles. The van der Waals surface area contributed by atoms with E-state index in [9.17, 15) is 9.90 Å². The number of carbonyl (C=O) groups is 1. The van der Waals surface area contributed by atoms with Crippen LogP contribution in [0.25, 0.3) is 10.9 Å². The second kappa shape index (κ2) is 4.82. The van der Waals surface area contributed by atoms with Crippen LogP contribution in [0.4, 0.5) is 0 Å². The Kier molecular flexibility index (Phi) is 3.39. The van der Waals surface area contributed by atoms with Gasteiger partial charge in [0.25, 0.3) is 5.91 Å². The Balaban J connectivity index is 2.74. The minimum absolute atomic E-state index is 0.146. The number of hydrogen-bond acceptors (Lipinski definition) is 2. The number of nitrogens with one attached hydrogen (secondary N) is 1. The van der Waals surface area contributed by atoms with E-state index in [4.69, 9.17) is 0 Å². The highest BCUT2D eigenvalue weighted by molar-refractivity contribution is 6.02. The summed E-state index contributed by atoms with van der Waals surface area (Å²) in [5, 5.41) is 13.7. The van der Waals surface area contributed by atoms with Crippen LogP contribution < -0.4 is 5.32 Å². The lowest BCUT2D eigenvalue weighted by molar-refractivity contribution is 0.0941. The van der Waals surface area contributed by atoms with Crippen LogP contribution in [0.1, 0.15) is 36.0 Å². The number of rotatable bonds is 3. The molecule has 2 N–H and O–H groups in total. The summed E-state index contributed by atoms with van der Waals surface area (Å²) >= 11 is 0. The molecule has 4 heteroatoms. The van der Waals surface area contributed by atoms with Gasteiger partial charge in [-0.2, -0.15) is 0 Å². The monoisotopic (exact) mass is 246 g/mol. The summed E-state index contributed by atoms with van der Waals surface area (Å²) < 4.78 is 1.84. The van der Waals surface area contributed by atoms with Gasteiger partial charge in [0.05, 0.1) is 6.10 Å². The molecule has 1 atom stereocenters. The van der Waals surface area contributed by atoms with Gasteiger partial charge in [-0.05, 0) is 19.9 Å². The lowest BCUT2D eigenvalue weighted by Crippen LogP contribution is -2.26. The van der Waals surface area contributed by atoms with Gasteiger partial charge in [0.1, 0.15) is 5.69 Å². The number of para-hydroxylation sites is 1. The van der Waals surface area contributed by atoms with Gasteiger partial charge >= 0.3 is 0 Å².